The Hall–Kier alpha value is -3.21. The van der Waals surface area contributed by atoms with Crippen molar-refractivity contribution in [2.45, 2.75) is 43.1 Å². The fourth-order valence-electron chi connectivity index (χ4n) is 3.99. The fraction of sp³-hybridized carbons (Fsp3) is 0.310. The van der Waals surface area contributed by atoms with E-state index >= 15 is 0 Å². The quantitative estimate of drug-likeness (QED) is 0.270. The maximum atomic E-state index is 13.9. The molecule has 1 atom stereocenters. The van der Waals surface area contributed by atoms with Gasteiger partial charge in [0, 0.05) is 23.0 Å². The molecule has 8 nitrogen and oxygen atoms in total. The minimum atomic E-state index is -4.16. The predicted molar refractivity (Wildman–Crippen MR) is 161 cm³/mol. The largest absolute Gasteiger partial charge is 0.494 e. The lowest BCUT2D eigenvalue weighted by Crippen LogP contribution is -2.51. The number of thioether (sulfide) groups is 1. The molecule has 0 aliphatic heterocycles. The Morgan fingerprint density at radius 1 is 1.00 bits per heavy atom. The normalized spacial score (nSPS) is 11.9. The van der Waals surface area contributed by atoms with Crippen LogP contribution in [0, 0.1) is 0 Å². The van der Waals surface area contributed by atoms with Crippen molar-refractivity contribution < 1.29 is 22.7 Å². The molecule has 0 saturated carbocycles. The highest BCUT2D eigenvalue weighted by atomic mass is 35.5. The number of hydrogen-bond donors (Lipinski definition) is 1. The van der Waals surface area contributed by atoms with E-state index in [-0.39, 0.29) is 23.0 Å². The van der Waals surface area contributed by atoms with Gasteiger partial charge in [-0.05, 0) is 87.2 Å². The number of likely N-dealkylation sites (N-methyl/N-ethyl adjacent to an activating group) is 1. The minimum Gasteiger partial charge on any atom is -0.494 e. The van der Waals surface area contributed by atoms with Crippen molar-refractivity contribution in [2.24, 2.45) is 0 Å². The van der Waals surface area contributed by atoms with Crippen molar-refractivity contribution in [2.75, 3.05) is 30.3 Å². The number of anilines is 1. The first-order chi connectivity index (χ1) is 19.1. The number of nitrogens with zero attached hydrogens (tertiary/aromatic N) is 2. The monoisotopic (exact) mass is 603 g/mol. The summed E-state index contributed by atoms with van der Waals surface area (Å²) in [6.45, 7) is 5.58. The molecule has 1 N–H and O–H groups in total. The van der Waals surface area contributed by atoms with Gasteiger partial charge in [-0.25, -0.2) is 8.42 Å². The molecule has 3 rings (SSSR count). The first kappa shape index (κ1) is 31.3. The van der Waals surface area contributed by atoms with Gasteiger partial charge < -0.3 is 15.0 Å². The van der Waals surface area contributed by atoms with Gasteiger partial charge in [0.1, 0.15) is 18.3 Å². The van der Waals surface area contributed by atoms with Gasteiger partial charge in [0.2, 0.25) is 11.8 Å². The number of rotatable bonds is 13. The van der Waals surface area contributed by atoms with Crippen LogP contribution in [-0.2, 0) is 26.2 Å². The second-order valence-corrected chi connectivity index (χ2v) is 11.9. The molecule has 40 heavy (non-hydrogen) atoms. The third kappa shape index (κ3) is 7.71. The van der Waals surface area contributed by atoms with E-state index in [1.807, 2.05) is 13.2 Å². The summed E-state index contributed by atoms with van der Waals surface area (Å²) in [6, 6.07) is 19.1. The number of hydrogen-bond acceptors (Lipinski definition) is 6. The van der Waals surface area contributed by atoms with Crippen molar-refractivity contribution in [3.05, 3.63) is 83.4 Å². The maximum absolute atomic E-state index is 13.9. The smallest absolute Gasteiger partial charge is 0.264 e. The Bertz CT molecular complexity index is 1400. The molecule has 3 aromatic carbocycles. The molecule has 0 aliphatic carbocycles. The van der Waals surface area contributed by atoms with Gasteiger partial charge in [-0.2, -0.15) is 0 Å². The van der Waals surface area contributed by atoms with Crippen LogP contribution in [0.4, 0.5) is 5.69 Å². The first-order valence-electron chi connectivity index (χ1n) is 12.8. The molecule has 3 aromatic rings. The van der Waals surface area contributed by atoms with E-state index in [4.69, 9.17) is 16.3 Å². The Morgan fingerprint density at radius 2 is 1.65 bits per heavy atom. The molecule has 2 amide bonds. The van der Waals surface area contributed by atoms with E-state index in [2.05, 4.69) is 5.32 Å². The topological polar surface area (TPSA) is 96.0 Å². The minimum absolute atomic E-state index is 0.0242. The summed E-state index contributed by atoms with van der Waals surface area (Å²) in [7, 11) is -4.16. The molecule has 0 radical (unpaired) electrons. The molecule has 0 bridgehead atoms. The van der Waals surface area contributed by atoms with Crippen molar-refractivity contribution in [1.82, 2.24) is 10.2 Å². The van der Waals surface area contributed by atoms with Gasteiger partial charge in [0.25, 0.3) is 10.0 Å². The summed E-state index contributed by atoms with van der Waals surface area (Å²) in [6.07, 6.45) is 1.90. The van der Waals surface area contributed by atoms with Crippen LogP contribution < -0.4 is 14.4 Å². The molecule has 0 aliphatic rings. The van der Waals surface area contributed by atoms with E-state index in [1.54, 1.807) is 74.5 Å². The zero-order chi connectivity index (χ0) is 29.3. The summed E-state index contributed by atoms with van der Waals surface area (Å²) < 4.78 is 34.4. The van der Waals surface area contributed by atoms with E-state index < -0.39 is 28.5 Å². The van der Waals surface area contributed by atoms with Crippen LogP contribution in [0.1, 0.15) is 26.3 Å². The Balaban J connectivity index is 2.04. The number of carbonyl (C=O) groups excluding carboxylic acids is 2. The maximum Gasteiger partial charge on any atom is 0.264 e. The van der Waals surface area contributed by atoms with Crippen LogP contribution >= 0.6 is 23.4 Å². The molecule has 11 heteroatoms. The summed E-state index contributed by atoms with van der Waals surface area (Å²) >= 11 is 7.87. The van der Waals surface area contributed by atoms with Crippen LogP contribution in [0.2, 0.25) is 5.02 Å². The lowest BCUT2D eigenvalue weighted by molar-refractivity contribution is -0.139. The number of carbonyl (C=O) groups is 2. The van der Waals surface area contributed by atoms with Gasteiger partial charge in [-0.3, -0.25) is 13.9 Å². The molecule has 0 spiro atoms. The number of ether oxygens (including phenoxy) is 1. The molecule has 0 saturated heterocycles. The third-order valence-corrected chi connectivity index (χ3v) is 9.08. The Morgan fingerprint density at radius 3 is 2.23 bits per heavy atom. The lowest BCUT2D eigenvalue weighted by atomic mass is 10.1. The van der Waals surface area contributed by atoms with Gasteiger partial charge in [0.05, 0.1) is 17.2 Å². The average Bonchev–Trinajstić information content (AvgIpc) is 2.95. The summed E-state index contributed by atoms with van der Waals surface area (Å²) in [5.41, 5.74) is 0.922. The second kappa shape index (κ2) is 14.4. The molecule has 0 unspecified atom stereocenters. The lowest BCUT2D eigenvalue weighted by Gasteiger charge is -2.32. The first-order valence-corrected chi connectivity index (χ1v) is 15.9. The molecule has 0 aromatic heterocycles. The highest BCUT2D eigenvalue weighted by Gasteiger charge is 2.32. The predicted octanol–water partition coefficient (Wildman–Crippen LogP) is 5.21. The Kier molecular flexibility index (Phi) is 11.3. The van der Waals surface area contributed by atoms with Gasteiger partial charge in [-0.1, -0.05) is 29.8 Å². The van der Waals surface area contributed by atoms with Gasteiger partial charge >= 0.3 is 0 Å². The second-order valence-electron chi connectivity index (χ2n) is 8.80. The third-order valence-electron chi connectivity index (χ3n) is 6.18. The van der Waals surface area contributed by atoms with Crippen LogP contribution in [0.5, 0.6) is 5.75 Å². The molecular weight excluding hydrogens is 570 g/mol. The highest BCUT2D eigenvalue weighted by molar-refractivity contribution is 7.98. The number of amides is 2. The number of nitrogens with one attached hydrogen (secondary N) is 1. The van der Waals surface area contributed by atoms with E-state index in [1.165, 1.54) is 28.8 Å². The number of halogens is 1. The van der Waals surface area contributed by atoms with Crippen LogP contribution in [0.15, 0.2) is 82.6 Å². The van der Waals surface area contributed by atoms with Crippen molar-refractivity contribution in [1.29, 1.82) is 0 Å². The highest BCUT2D eigenvalue weighted by Crippen LogP contribution is 2.28. The average molecular weight is 604 g/mol. The van der Waals surface area contributed by atoms with Crippen molar-refractivity contribution in [3.8, 4) is 5.75 Å². The van der Waals surface area contributed by atoms with Crippen LogP contribution in [0.25, 0.3) is 0 Å². The summed E-state index contributed by atoms with van der Waals surface area (Å²) in [4.78, 5) is 29.0. The van der Waals surface area contributed by atoms with E-state index in [0.717, 1.165) is 9.20 Å². The molecule has 0 fully saturated rings. The van der Waals surface area contributed by atoms with Gasteiger partial charge in [0.15, 0.2) is 0 Å². The standard InChI is InChI=1S/C29H34ClN3O5S2/c1-5-31-29(35)21(3)32(19-22-9-7-8-10-27(22)30)28(34)20-33(23-11-13-24(14-12-23)38-6-2)40(36,37)26-17-15-25(39-4)16-18-26/h7-18,21H,5-6,19-20H2,1-4H3,(H,31,35)/t21-/m0/s1. The molecular formula is C29H34ClN3O5S2. The molecule has 214 valence electrons. The van der Waals surface area contributed by atoms with Crippen LogP contribution in [-0.4, -0.2) is 57.1 Å². The SMILES string of the molecule is CCNC(=O)[C@H](C)N(Cc1ccccc1Cl)C(=O)CN(c1ccc(OCC)cc1)S(=O)(=O)c1ccc(SC)cc1. The fourth-order valence-corrected chi connectivity index (χ4v) is 6.01. The summed E-state index contributed by atoms with van der Waals surface area (Å²) in [5, 5.41) is 3.18. The van der Waals surface area contributed by atoms with Gasteiger partial charge in [-0.15, -0.1) is 11.8 Å². The number of benzene rings is 3. The van der Waals surface area contributed by atoms with Crippen molar-refractivity contribution in [3.63, 3.8) is 0 Å². The number of sulfonamides is 1. The van der Waals surface area contributed by atoms with E-state index in [0.29, 0.717) is 29.5 Å². The van der Waals surface area contributed by atoms with Crippen molar-refractivity contribution >= 4 is 50.9 Å². The Labute approximate surface area is 245 Å². The molecule has 0 heterocycles. The van der Waals surface area contributed by atoms with E-state index in [9.17, 15) is 18.0 Å². The zero-order valence-corrected chi connectivity index (χ0v) is 25.4. The zero-order valence-electron chi connectivity index (χ0n) is 23.0. The summed E-state index contributed by atoms with van der Waals surface area (Å²) in [5.74, 6) is -0.340. The van der Waals surface area contributed by atoms with Crippen LogP contribution in [0.3, 0.4) is 0 Å².